The van der Waals surface area contributed by atoms with E-state index in [-0.39, 0.29) is 17.6 Å². The van der Waals surface area contributed by atoms with Crippen molar-refractivity contribution in [3.05, 3.63) is 71.8 Å². The minimum atomic E-state index is -0.264. The SMILES string of the molecule is CCN1C(=O)c2cccnc2Sc2cc(CNC(=O)c3ccco3)ccc21. The van der Waals surface area contributed by atoms with Crippen LogP contribution in [0.1, 0.15) is 33.4 Å². The van der Waals surface area contributed by atoms with E-state index in [0.717, 1.165) is 16.1 Å². The molecule has 6 nitrogen and oxygen atoms in total. The van der Waals surface area contributed by atoms with Crippen LogP contribution in [0.3, 0.4) is 0 Å². The number of nitrogens with one attached hydrogen (secondary N) is 1. The van der Waals surface area contributed by atoms with E-state index in [9.17, 15) is 9.59 Å². The molecule has 1 aliphatic rings. The van der Waals surface area contributed by atoms with E-state index in [1.54, 1.807) is 35.4 Å². The average Bonchev–Trinajstić information content (AvgIpc) is 3.19. The molecule has 0 fully saturated rings. The number of hydrogen-bond donors (Lipinski definition) is 1. The molecule has 0 unspecified atom stereocenters. The molecule has 0 radical (unpaired) electrons. The summed E-state index contributed by atoms with van der Waals surface area (Å²) >= 11 is 1.47. The molecule has 0 atom stereocenters. The lowest BCUT2D eigenvalue weighted by Gasteiger charge is -2.21. The third-order valence-electron chi connectivity index (χ3n) is 4.28. The van der Waals surface area contributed by atoms with Crippen LogP contribution in [0, 0.1) is 0 Å². The van der Waals surface area contributed by atoms with Crippen LogP contribution in [-0.4, -0.2) is 23.3 Å². The van der Waals surface area contributed by atoms with Crippen molar-refractivity contribution in [2.24, 2.45) is 0 Å². The standard InChI is InChI=1S/C20H17N3O3S/c1-2-23-15-8-7-13(12-22-18(24)16-6-4-10-26-16)11-17(15)27-19-14(20(23)25)5-3-9-21-19/h3-11H,2,12H2,1H3,(H,22,24). The number of furan rings is 1. The van der Waals surface area contributed by atoms with Gasteiger partial charge in [-0.25, -0.2) is 4.98 Å². The lowest BCUT2D eigenvalue weighted by molar-refractivity contribution is 0.0922. The van der Waals surface area contributed by atoms with Gasteiger partial charge in [-0.2, -0.15) is 0 Å². The van der Waals surface area contributed by atoms with Gasteiger partial charge >= 0.3 is 0 Å². The van der Waals surface area contributed by atoms with Crippen molar-refractivity contribution in [3.8, 4) is 0 Å². The summed E-state index contributed by atoms with van der Waals surface area (Å²) < 4.78 is 5.10. The number of fused-ring (bicyclic) bond motifs is 2. The minimum Gasteiger partial charge on any atom is -0.459 e. The molecule has 136 valence electrons. The van der Waals surface area contributed by atoms with Gasteiger partial charge in [0.05, 0.1) is 17.5 Å². The predicted octanol–water partition coefficient (Wildman–Crippen LogP) is 3.74. The third-order valence-corrected chi connectivity index (χ3v) is 5.35. The van der Waals surface area contributed by atoms with Crippen LogP contribution in [-0.2, 0) is 6.54 Å². The molecule has 27 heavy (non-hydrogen) atoms. The van der Waals surface area contributed by atoms with Gasteiger partial charge in [-0.1, -0.05) is 17.8 Å². The molecule has 0 bridgehead atoms. The number of carbonyl (C=O) groups excluding carboxylic acids is 2. The zero-order valence-electron chi connectivity index (χ0n) is 14.6. The van der Waals surface area contributed by atoms with Crippen molar-refractivity contribution < 1.29 is 14.0 Å². The molecule has 1 N–H and O–H groups in total. The van der Waals surface area contributed by atoms with E-state index >= 15 is 0 Å². The Kier molecular flexibility index (Phi) is 4.68. The molecule has 2 aromatic heterocycles. The molecule has 0 aliphatic carbocycles. The first-order valence-corrected chi connectivity index (χ1v) is 9.38. The van der Waals surface area contributed by atoms with Crippen LogP contribution in [0.5, 0.6) is 0 Å². The maximum absolute atomic E-state index is 12.9. The number of aromatic nitrogens is 1. The molecule has 0 saturated carbocycles. The molecule has 1 aliphatic heterocycles. The Hall–Kier alpha value is -3.06. The van der Waals surface area contributed by atoms with Gasteiger partial charge in [0, 0.05) is 24.2 Å². The van der Waals surface area contributed by atoms with Crippen molar-refractivity contribution in [1.82, 2.24) is 10.3 Å². The van der Waals surface area contributed by atoms with Gasteiger partial charge in [0.1, 0.15) is 5.03 Å². The highest BCUT2D eigenvalue weighted by atomic mass is 32.2. The van der Waals surface area contributed by atoms with E-state index in [4.69, 9.17) is 4.42 Å². The Labute approximate surface area is 160 Å². The maximum Gasteiger partial charge on any atom is 0.287 e. The lowest BCUT2D eigenvalue weighted by Crippen LogP contribution is -2.30. The number of carbonyl (C=O) groups is 2. The Bertz CT molecular complexity index is 1000. The third kappa shape index (κ3) is 3.33. The number of benzene rings is 1. The molecule has 4 rings (SSSR count). The molecule has 3 heterocycles. The first-order valence-electron chi connectivity index (χ1n) is 8.56. The van der Waals surface area contributed by atoms with E-state index in [1.165, 1.54) is 18.0 Å². The topological polar surface area (TPSA) is 75.4 Å². The monoisotopic (exact) mass is 379 g/mol. The van der Waals surface area contributed by atoms with Gasteiger partial charge in [-0.3, -0.25) is 9.59 Å². The lowest BCUT2D eigenvalue weighted by atomic mass is 10.1. The average molecular weight is 379 g/mol. The highest BCUT2D eigenvalue weighted by Gasteiger charge is 2.27. The number of hydrogen-bond acceptors (Lipinski definition) is 5. The van der Waals surface area contributed by atoms with Gasteiger partial charge in [0.15, 0.2) is 5.76 Å². The van der Waals surface area contributed by atoms with Crippen LogP contribution in [0.25, 0.3) is 0 Å². The summed E-state index contributed by atoms with van der Waals surface area (Å²) in [6, 6.07) is 12.7. The summed E-state index contributed by atoms with van der Waals surface area (Å²) in [5.41, 5.74) is 2.39. The first-order chi connectivity index (χ1) is 13.2. The molecule has 0 spiro atoms. The van der Waals surface area contributed by atoms with Gasteiger partial charge < -0.3 is 14.6 Å². The van der Waals surface area contributed by atoms with Crippen molar-refractivity contribution in [3.63, 3.8) is 0 Å². The smallest absolute Gasteiger partial charge is 0.287 e. The minimum absolute atomic E-state index is 0.0503. The van der Waals surface area contributed by atoms with Crippen molar-refractivity contribution >= 4 is 29.3 Å². The Morgan fingerprint density at radius 1 is 1.26 bits per heavy atom. The summed E-state index contributed by atoms with van der Waals surface area (Å²) in [6.45, 7) is 2.88. The molecular formula is C20H17N3O3S. The molecule has 1 aromatic carbocycles. The van der Waals surface area contributed by atoms with E-state index < -0.39 is 0 Å². The summed E-state index contributed by atoms with van der Waals surface area (Å²) in [6.07, 6.45) is 3.16. The van der Waals surface area contributed by atoms with E-state index in [1.807, 2.05) is 25.1 Å². The Morgan fingerprint density at radius 3 is 2.93 bits per heavy atom. The molecular weight excluding hydrogens is 362 g/mol. The number of rotatable bonds is 4. The second-order valence-electron chi connectivity index (χ2n) is 5.97. The van der Waals surface area contributed by atoms with Crippen LogP contribution < -0.4 is 10.2 Å². The van der Waals surface area contributed by atoms with Crippen LogP contribution in [0.4, 0.5) is 5.69 Å². The van der Waals surface area contributed by atoms with Crippen LogP contribution in [0.15, 0.2) is 69.3 Å². The highest BCUT2D eigenvalue weighted by molar-refractivity contribution is 7.99. The summed E-state index contributed by atoms with van der Waals surface area (Å²) in [4.78, 5) is 32.0. The summed E-state index contributed by atoms with van der Waals surface area (Å²) in [5, 5.41) is 3.53. The number of amides is 2. The van der Waals surface area contributed by atoms with Crippen molar-refractivity contribution in [1.29, 1.82) is 0 Å². The van der Waals surface area contributed by atoms with Gasteiger partial charge in [0.2, 0.25) is 0 Å². The fraction of sp³-hybridized carbons (Fsp3) is 0.150. The first kappa shape index (κ1) is 17.4. The van der Waals surface area contributed by atoms with Crippen molar-refractivity contribution in [2.75, 3.05) is 11.4 Å². The number of pyridine rings is 1. The summed E-state index contributed by atoms with van der Waals surface area (Å²) in [5.74, 6) is -0.0364. The molecule has 2 amide bonds. The molecule has 3 aromatic rings. The van der Waals surface area contributed by atoms with E-state index in [0.29, 0.717) is 23.7 Å². The highest BCUT2D eigenvalue weighted by Crippen LogP contribution is 2.40. The zero-order chi connectivity index (χ0) is 18.8. The maximum atomic E-state index is 12.9. The molecule has 0 saturated heterocycles. The number of nitrogens with zero attached hydrogens (tertiary/aromatic N) is 2. The second kappa shape index (κ2) is 7.28. The van der Waals surface area contributed by atoms with E-state index in [2.05, 4.69) is 10.3 Å². The number of anilines is 1. The molecule has 7 heteroatoms. The normalized spacial score (nSPS) is 12.9. The van der Waals surface area contributed by atoms with Crippen LogP contribution in [0.2, 0.25) is 0 Å². The fourth-order valence-electron chi connectivity index (χ4n) is 2.96. The quantitative estimate of drug-likeness (QED) is 0.747. The fourth-order valence-corrected chi connectivity index (χ4v) is 4.04. The van der Waals surface area contributed by atoms with Crippen LogP contribution >= 0.6 is 11.8 Å². The van der Waals surface area contributed by atoms with Gasteiger partial charge in [-0.05, 0) is 48.9 Å². The van der Waals surface area contributed by atoms with Gasteiger partial charge in [-0.15, -0.1) is 0 Å². The Morgan fingerprint density at radius 2 is 2.15 bits per heavy atom. The van der Waals surface area contributed by atoms with Gasteiger partial charge in [0.25, 0.3) is 11.8 Å². The second-order valence-corrected chi connectivity index (χ2v) is 7.00. The Balaban J connectivity index is 1.62. The van der Waals surface area contributed by atoms with Crippen molar-refractivity contribution in [2.45, 2.75) is 23.4 Å². The predicted molar refractivity (Wildman–Crippen MR) is 102 cm³/mol. The largest absolute Gasteiger partial charge is 0.459 e. The zero-order valence-corrected chi connectivity index (χ0v) is 15.5. The summed E-state index contributed by atoms with van der Waals surface area (Å²) in [7, 11) is 0.